The normalized spacial score (nSPS) is 29.3. The van der Waals surface area contributed by atoms with Gasteiger partial charge < -0.3 is 10.6 Å². The molecule has 5 nitrogen and oxygen atoms in total. The molecular weight excluding hydrogens is 395 g/mol. The number of amides is 2. The Morgan fingerprint density at radius 3 is 2.13 bits per heavy atom. The van der Waals surface area contributed by atoms with Crippen molar-refractivity contribution in [2.75, 3.05) is 32.0 Å². The molecule has 4 aliphatic rings. The molecule has 0 saturated heterocycles. The Balaban J connectivity index is 1.23. The van der Waals surface area contributed by atoms with Crippen LogP contribution in [0, 0.1) is 40.6 Å². The summed E-state index contributed by atoms with van der Waals surface area (Å²) in [5.41, 5.74) is -0.191. The number of benzene rings is 1. The highest BCUT2D eigenvalue weighted by Crippen LogP contribution is 2.59. The van der Waals surface area contributed by atoms with Gasteiger partial charge in [-0.3, -0.25) is 14.5 Å². The predicted molar refractivity (Wildman–Crippen MR) is 106 cm³/mol. The van der Waals surface area contributed by atoms with E-state index in [1.807, 2.05) is 0 Å². The van der Waals surface area contributed by atoms with Crippen LogP contribution in [0.3, 0.4) is 0 Å². The molecule has 4 bridgehead atoms. The van der Waals surface area contributed by atoms with Crippen molar-refractivity contribution >= 4 is 17.5 Å². The Labute approximate surface area is 174 Å². The van der Waals surface area contributed by atoms with Crippen molar-refractivity contribution < 1.29 is 22.8 Å². The second kappa shape index (κ2) is 8.21. The first-order valence-electron chi connectivity index (χ1n) is 10.6. The van der Waals surface area contributed by atoms with E-state index in [-0.39, 0.29) is 24.4 Å². The fourth-order valence-electron chi connectivity index (χ4n) is 6.21. The van der Waals surface area contributed by atoms with Gasteiger partial charge in [-0.25, -0.2) is 13.2 Å². The average Bonchev–Trinajstić information content (AvgIpc) is 2.66. The molecule has 1 aromatic carbocycles. The minimum atomic E-state index is -1.63. The first-order chi connectivity index (χ1) is 14.2. The molecule has 0 unspecified atom stereocenters. The van der Waals surface area contributed by atoms with E-state index < -0.39 is 29.0 Å². The molecular formula is C22H28F3N3O2. The van der Waals surface area contributed by atoms with Gasteiger partial charge in [0.2, 0.25) is 11.8 Å². The quantitative estimate of drug-likeness (QED) is 0.662. The van der Waals surface area contributed by atoms with Crippen molar-refractivity contribution in [1.82, 2.24) is 10.2 Å². The zero-order valence-corrected chi connectivity index (χ0v) is 17.1. The summed E-state index contributed by atoms with van der Waals surface area (Å²) in [5.74, 6) is -2.72. The van der Waals surface area contributed by atoms with Crippen LogP contribution in [0.1, 0.15) is 38.5 Å². The third kappa shape index (κ3) is 4.48. The lowest BCUT2D eigenvalue weighted by molar-refractivity contribution is -0.124. The average molecular weight is 423 g/mol. The molecule has 0 aliphatic heterocycles. The highest BCUT2D eigenvalue weighted by molar-refractivity contribution is 5.92. The zero-order chi connectivity index (χ0) is 21.5. The number of rotatable bonds is 7. The van der Waals surface area contributed by atoms with Crippen molar-refractivity contribution in [3.63, 3.8) is 0 Å². The number of hydrogen-bond donors (Lipinski definition) is 2. The number of hydrogen-bond acceptors (Lipinski definition) is 3. The molecule has 4 saturated carbocycles. The summed E-state index contributed by atoms with van der Waals surface area (Å²) >= 11 is 0. The van der Waals surface area contributed by atoms with Gasteiger partial charge in [0, 0.05) is 6.54 Å². The Hall–Kier alpha value is -2.09. The second-order valence-electron chi connectivity index (χ2n) is 9.64. The fourth-order valence-corrected chi connectivity index (χ4v) is 6.21. The summed E-state index contributed by atoms with van der Waals surface area (Å²) < 4.78 is 39.9. The first-order valence-corrected chi connectivity index (χ1v) is 10.6. The van der Waals surface area contributed by atoms with E-state index in [1.165, 1.54) is 43.4 Å². The summed E-state index contributed by atoms with van der Waals surface area (Å²) in [5, 5.41) is 5.26. The molecule has 0 radical (unpaired) electrons. The molecule has 164 valence electrons. The number of halogens is 3. The van der Waals surface area contributed by atoms with Crippen LogP contribution in [-0.2, 0) is 9.59 Å². The Morgan fingerprint density at radius 2 is 1.53 bits per heavy atom. The minimum absolute atomic E-state index is 0.0278. The van der Waals surface area contributed by atoms with Gasteiger partial charge in [-0.2, -0.15) is 0 Å². The summed E-state index contributed by atoms with van der Waals surface area (Å²) in [6.45, 7) is 0.540. The van der Waals surface area contributed by atoms with Gasteiger partial charge in [-0.05, 0) is 80.9 Å². The maximum Gasteiger partial charge on any atom is 0.238 e. The van der Waals surface area contributed by atoms with Crippen molar-refractivity contribution in [3.8, 4) is 0 Å². The van der Waals surface area contributed by atoms with Crippen LogP contribution >= 0.6 is 0 Å². The topological polar surface area (TPSA) is 61.4 Å². The SMILES string of the molecule is CN(CC(=O)NCC12CC3CC(CC(C3)C1)C2)CC(=O)Nc1ccc(F)c(F)c1F. The van der Waals surface area contributed by atoms with Crippen LogP contribution in [0.2, 0.25) is 0 Å². The molecule has 0 spiro atoms. The highest BCUT2D eigenvalue weighted by atomic mass is 19.2. The van der Waals surface area contributed by atoms with Crippen molar-refractivity contribution in [1.29, 1.82) is 0 Å². The molecule has 1 aromatic rings. The van der Waals surface area contributed by atoms with Crippen molar-refractivity contribution in [3.05, 3.63) is 29.6 Å². The molecule has 2 amide bonds. The number of likely N-dealkylation sites (N-methyl/N-ethyl adjacent to an activating group) is 1. The van der Waals surface area contributed by atoms with E-state index in [4.69, 9.17) is 0 Å². The highest BCUT2D eigenvalue weighted by Gasteiger charge is 2.50. The molecule has 4 fully saturated rings. The molecule has 4 aliphatic carbocycles. The Bertz CT molecular complexity index is 810. The van der Waals surface area contributed by atoms with E-state index >= 15 is 0 Å². The monoisotopic (exact) mass is 423 g/mol. The van der Waals surface area contributed by atoms with Gasteiger partial charge in [-0.15, -0.1) is 0 Å². The summed E-state index contributed by atoms with van der Waals surface area (Å²) in [6, 6.07) is 1.71. The van der Waals surface area contributed by atoms with E-state index in [2.05, 4.69) is 10.6 Å². The number of nitrogens with zero attached hydrogens (tertiary/aromatic N) is 1. The summed E-state index contributed by atoms with van der Waals surface area (Å²) in [4.78, 5) is 26.0. The summed E-state index contributed by atoms with van der Waals surface area (Å²) in [7, 11) is 1.60. The van der Waals surface area contributed by atoms with E-state index in [0.717, 1.165) is 29.9 Å². The largest absolute Gasteiger partial charge is 0.354 e. The maximum absolute atomic E-state index is 13.7. The van der Waals surface area contributed by atoms with Crippen LogP contribution in [0.25, 0.3) is 0 Å². The Kier molecular flexibility index (Phi) is 5.79. The van der Waals surface area contributed by atoms with Crippen LogP contribution in [-0.4, -0.2) is 43.4 Å². The standard InChI is InChI=1S/C22H28F3N3O2/c1-28(11-19(30)27-17-3-2-16(23)20(24)21(17)25)10-18(29)26-12-22-7-13-4-14(8-22)6-15(5-13)9-22/h2-3,13-15H,4-12H2,1H3,(H,26,29)(H,27,30). The predicted octanol–water partition coefficient (Wildman–Crippen LogP) is 3.31. The molecule has 2 N–H and O–H groups in total. The van der Waals surface area contributed by atoms with Gasteiger partial charge in [0.05, 0.1) is 18.8 Å². The zero-order valence-electron chi connectivity index (χ0n) is 17.1. The fraction of sp³-hybridized carbons (Fsp3) is 0.636. The van der Waals surface area contributed by atoms with Gasteiger partial charge in [0.15, 0.2) is 17.5 Å². The molecule has 0 heterocycles. The van der Waals surface area contributed by atoms with Crippen LogP contribution in [0.5, 0.6) is 0 Å². The summed E-state index contributed by atoms with van der Waals surface area (Å²) in [6.07, 6.45) is 7.67. The number of carbonyl (C=O) groups excluding carboxylic acids is 2. The van der Waals surface area contributed by atoms with Crippen molar-refractivity contribution in [2.24, 2.45) is 23.2 Å². The van der Waals surface area contributed by atoms with Gasteiger partial charge in [0.25, 0.3) is 0 Å². The number of nitrogens with one attached hydrogen (secondary N) is 2. The smallest absolute Gasteiger partial charge is 0.238 e. The maximum atomic E-state index is 13.7. The third-order valence-electron chi connectivity index (χ3n) is 6.96. The van der Waals surface area contributed by atoms with E-state index in [1.54, 1.807) is 7.05 Å². The van der Waals surface area contributed by atoms with Crippen molar-refractivity contribution in [2.45, 2.75) is 38.5 Å². The van der Waals surface area contributed by atoms with E-state index in [0.29, 0.717) is 6.54 Å². The van der Waals surface area contributed by atoms with Crippen LogP contribution < -0.4 is 10.6 Å². The molecule has 30 heavy (non-hydrogen) atoms. The second-order valence-corrected chi connectivity index (χ2v) is 9.64. The molecule has 0 atom stereocenters. The minimum Gasteiger partial charge on any atom is -0.354 e. The third-order valence-corrected chi connectivity index (χ3v) is 6.96. The molecule has 0 aromatic heterocycles. The lowest BCUT2D eigenvalue weighted by Crippen LogP contribution is -2.52. The van der Waals surface area contributed by atoms with Gasteiger partial charge in [0.1, 0.15) is 0 Å². The van der Waals surface area contributed by atoms with Crippen LogP contribution in [0.15, 0.2) is 12.1 Å². The lowest BCUT2D eigenvalue weighted by Gasteiger charge is -2.56. The Morgan fingerprint density at radius 1 is 0.967 bits per heavy atom. The molecule has 5 rings (SSSR count). The molecule has 8 heteroatoms. The van der Waals surface area contributed by atoms with Gasteiger partial charge >= 0.3 is 0 Å². The lowest BCUT2D eigenvalue weighted by atomic mass is 9.49. The number of carbonyl (C=O) groups is 2. The first kappa shape index (κ1) is 21.2. The van der Waals surface area contributed by atoms with E-state index in [9.17, 15) is 22.8 Å². The van der Waals surface area contributed by atoms with Gasteiger partial charge in [-0.1, -0.05) is 0 Å². The van der Waals surface area contributed by atoms with Crippen LogP contribution in [0.4, 0.5) is 18.9 Å². The number of anilines is 1.